The number of pyridine rings is 1. The van der Waals surface area contributed by atoms with Crippen LogP contribution < -0.4 is 11.2 Å². The van der Waals surface area contributed by atoms with Gasteiger partial charge in [-0.1, -0.05) is 12.2 Å². The molecule has 0 unspecified atom stereocenters. The van der Waals surface area contributed by atoms with Crippen LogP contribution in [-0.4, -0.2) is 15.9 Å². The molecule has 1 heterocycles. The van der Waals surface area contributed by atoms with Crippen LogP contribution in [0.15, 0.2) is 23.4 Å². The number of aromatic nitrogens is 1. The number of nitrogens with zero attached hydrogens (tertiary/aromatic N) is 2. The van der Waals surface area contributed by atoms with Crippen LogP contribution in [0.1, 0.15) is 26.3 Å². The standard InChI is InChI=1S/C11H16N4S2/c1-11(2,3)15-6-4-5-8(9(15)16)7-13-14-10(12)17/h4-7H,1-3H3,(H3,12,14,17)/b13-7-. The summed E-state index contributed by atoms with van der Waals surface area (Å²) < 4.78 is 2.75. The van der Waals surface area contributed by atoms with Gasteiger partial charge in [0.05, 0.1) is 6.21 Å². The molecule has 92 valence electrons. The Balaban J connectivity index is 3.08. The molecule has 3 N–H and O–H groups in total. The first-order valence-corrected chi connectivity index (χ1v) is 5.94. The second-order valence-corrected chi connectivity index (χ2v) is 5.37. The van der Waals surface area contributed by atoms with Crippen LogP contribution in [0.2, 0.25) is 0 Å². The van der Waals surface area contributed by atoms with Crippen molar-refractivity contribution >= 4 is 35.8 Å². The average molecular weight is 268 g/mol. The first kappa shape index (κ1) is 13.8. The fourth-order valence-corrected chi connectivity index (χ4v) is 1.81. The van der Waals surface area contributed by atoms with E-state index in [4.69, 9.17) is 18.0 Å². The van der Waals surface area contributed by atoms with Gasteiger partial charge in [0.25, 0.3) is 0 Å². The van der Waals surface area contributed by atoms with Gasteiger partial charge < -0.3 is 10.3 Å². The molecule has 4 nitrogen and oxygen atoms in total. The minimum absolute atomic E-state index is 0.0580. The zero-order valence-corrected chi connectivity index (χ0v) is 11.7. The molecular weight excluding hydrogens is 252 g/mol. The van der Waals surface area contributed by atoms with Crippen LogP contribution in [-0.2, 0) is 5.54 Å². The lowest BCUT2D eigenvalue weighted by molar-refractivity contribution is 0.390. The van der Waals surface area contributed by atoms with Crippen LogP contribution >= 0.6 is 24.4 Å². The summed E-state index contributed by atoms with van der Waals surface area (Å²) in [6.07, 6.45) is 3.57. The summed E-state index contributed by atoms with van der Waals surface area (Å²) >= 11 is 10.0. The lowest BCUT2D eigenvalue weighted by Crippen LogP contribution is -2.25. The number of nitrogens with one attached hydrogen (secondary N) is 1. The van der Waals surface area contributed by atoms with Crippen LogP contribution in [0.25, 0.3) is 0 Å². The fourth-order valence-electron chi connectivity index (χ4n) is 1.30. The van der Waals surface area contributed by atoms with Crippen molar-refractivity contribution in [2.24, 2.45) is 10.8 Å². The molecule has 1 aromatic rings. The summed E-state index contributed by atoms with van der Waals surface area (Å²) in [5, 5.41) is 4.04. The SMILES string of the molecule is CC(C)(C)n1cccc(/C=N\NC(N)=S)c1=S. The zero-order chi connectivity index (χ0) is 13.1. The number of hydrogen-bond acceptors (Lipinski definition) is 3. The van der Waals surface area contributed by atoms with Gasteiger partial charge >= 0.3 is 0 Å². The van der Waals surface area contributed by atoms with Crippen molar-refractivity contribution in [2.45, 2.75) is 26.3 Å². The normalized spacial score (nSPS) is 11.7. The Morgan fingerprint density at radius 2 is 2.18 bits per heavy atom. The van der Waals surface area contributed by atoms with E-state index in [0.717, 1.165) is 10.2 Å². The molecule has 17 heavy (non-hydrogen) atoms. The quantitative estimate of drug-likeness (QED) is 0.490. The summed E-state index contributed by atoms with van der Waals surface area (Å²) in [5.41, 5.74) is 8.56. The molecule has 0 bridgehead atoms. The lowest BCUT2D eigenvalue weighted by Gasteiger charge is -2.23. The molecule has 0 aliphatic heterocycles. The van der Waals surface area contributed by atoms with Gasteiger partial charge in [0, 0.05) is 17.3 Å². The van der Waals surface area contributed by atoms with Crippen molar-refractivity contribution in [1.82, 2.24) is 9.99 Å². The molecule has 0 saturated carbocycles. The Morgan fingerprint density at radius 3 is 2.71 bits per heavy atom. The van der Waals surface area contributed by atoms with Gasteiger partial charge in [-0.05, 0) is 45.1 Å². The summed E-state index contributed by atoms with van der Waals surface area (Å²) in [5.74, 6) is 0. The topological polar surface area (TPSA) is 55.3 Å². The molecule has 0 aromatic carbocycles. The summed E-state index contributed by atoms with van der Waals surface area (Å²) in [4.78, 5) is 0. The highest BCUT2D eigenvalue weighted by Crippen LogP contribution is 2.15. The Morgan fingerprint density at radius 1 is 1.53 bits per heavy atom. The van der Waals surface area contributed by atoms with E-state index in [1.54, 1.807) is 6.21 Å². The van der Waals surface area contributed by atoms with Crippen molar-refractivity contribution in [3.8, 4) is 0 Å². The minimum atomic E-state index is -0.0580. The number of thiocarbonyl (C=S) groups is 1. The molecule has 0 fully saturated rings. The van der Waals surface area contributed by atoms with E-state index in [2.05, 4.69) is 43.5 Å². The van der Waals surface area contributed by atoms with E-state index >= 15 is 0 Å². The third-order valence-electron chi connectivity index (χ3n) is 2.08. The predicted molar refractivity (Wildman–Crippen MR) is 77.8 cm³/mol. The van der Waals surface area contributed by atoms with Gasteiger partial charge in [-0.2, -0.15) is 5.10 Å². The van der Waals surface area contributed by atoms with Crippen LogP contribution in [0.3, 0.4) is 0 Å². The third kappa shape index (κ3) is 3.90. The molecule has 1 aromatic heterocycles. The molecule has 0 amide bonds. The Labute approximate surface area is 112 Å². The molecule has 0 spiro atoms. The highest BCUT2D eigenvalue weighted by Gasteiger charge is 2.12. The number of nitrogens with two attached hydrogens (primary N) is 1. The first-order chi connectivity index (χ1) is 7.82. The second-order valence-electron chi connectivity index (χ2n) is 4.54. The number of hydrazone groups is 1. The second kappa shape index (κ2) is 5.37. The summed E-state index contributed by atoms with van der Waals surface area (Å²) in [7, 11) is 0. The van der Waals surface area contributed by atoms with E-state index in [1.165, 1.54) is 0 Å². The number of rotatable bonds is 2. The Bertz CT molecular complexity index is 497. The highest BCUT2D eigenvalue weighted by molar-refractivity contribution is 7.80. The molecular formula is C11H16N4S2. The lowest BCUT2D eigenvalue weighted by atomic mass is 10.1. The third-order valence-corrected chi connectivity index (χ3v) is 2.60. The van der Waals surface area contributed by atoms with Crippen molar-refractivity contribution < 1.29 is 0 Å². The molecule has 1 rings (SSSR count). The van der Waals surface area contributed by atoms with Gasteiger partial charge in [-0.15, -0.1) is 0 Å². The molecule has 6 heteroatoms. The molecule has 0 atom stereocenters. The number of hydrogen-bond donors (Lipinski definition) is 2. The van der Waals surface area contributed by atoms with Crippen LogP contribution in [0, 0.1) is 4.64 Å². The van der Waals surface area contributed by atoms with Gasteiger partial charge in [0.2, 0.25) is 0 Å². The summed E-state index contributed by atoms with van der Waals surface area (Å²) in [6, 6.07) is 3.83. The Kier molecular flexibility index (Phi) is 4.36. The van der Waals surface area contributed by atoms with E-state index in [9.17, 15) is 0 Å². The maximum absolute atomic E-state index is 5.40. The highest BCUT2D eigenvalue weighted by atomic mass is 32.1. The average Bonchev–Trinajstić information content (AvgIpc) is 2.18. The van der Waals surface area contributed by atoms with Crippen molar-refractivity contribution in [3.05, 3.63) is 28.5 Å². The van der Waals surface area contributed by atoms with E-state index < -0.39 is 0 Å². The smallest absolute Gasteiger partial charge is 0.184 e. The molecule has 0 aliphatic carbocycles. The maximum atomic E-state index is 5.40. The Hall–Kier alpha value is -1.27. The van der Waals surface area contributed by atoms with Gasteiger partial charge in [0.15, 0.2) is 5.11 Å². The molecule has 0 saturated heterocycles. The van der Waals surface area contributed by atoms with Crippen molar-refractivity contribution in [3.63, 3.8) is 0 Å². The van der Waals surface area contributed by atoms with E-state index in [-0.39, 0.29) is 10.7 Å². The van der Waals surface area contributed by atoms with E-state index in [1.807, 2.05) is 22.9 Å². The predicted octanol–water partition coefficient (Wildman–Crippen LogP) is 2.14. The van der Waals surface area contributed by atoms with Crippen molar-refractivity contribution in [1.29, 1.82) is 0 Å². The van der Waals surface area contributed by atoms with E-state index in [0.29, 0.717) is 0 Å². The first-order valence-electron chi connectivity index (χ1n) is 5.13. The largest absolute Gasteiger partial charge is 0.375 e. The molecule has 0 radical (unpaired) electrons. The minimum Gasteiger partial charge on any atom is -0.375 e. The van der Waals surface area contributed by atoms with Crippen LogP contribution in [0.4, 0.5) is 0 Å². The van der Waals surface area contributed by atoms with Crippen LogP contribution in [0.5, 0.6) is 0 Å². The van der Waals surface area contributed by atoms with Crippen molar-refractivity contribution in [2.75, 3.05) is 0 Å². The van der Waals surface area contributed by atoms with Gasteiger partial charge in [0.1, 0.15) is 4.64 Å². The fraction of sp³-hybridized carbons (Fsp3) is 0.364. The molecule has 0 aliphatic rings. The summed E-state index contributed by atoms with van der Waals surface area (Å²) in [6.45, 7) is 6.28. The monoisotopic (exact) mass is 268 g/mol. The van der Waals surface area contributed by atoms with Gasteiger partial charge in [-0.3, -0.25) is 5.43 Å². The zero-order valence-electron chi connectivity index (χ0n) is 10.1. The van der Waals surface area contributed by atoms with Gasteiger partial charge in [-0.25, -0.2) is 0 Å². The maximum Gasteiger partial charge on any atom is 0.184 e.